The third-order valence-electron chi connectivity index (χ3n) is 2.73. The number of hydrogen-bond donors (Lipinski definition) is 4. The number of carbonyl (C=O) groups excluding carboxylic acids is 2. The van der Waals surface area contributed by atoms with Crippen LogP contribution in [-0.2, 0) is 14.3 Å². The Morgan fingerprint density at radius 2 is 2.09 bits per heavy atom. The van der Waals surface area contributed by atoms with Crippen molar-refractivity contribution in [1.29, 1.82) is 0 Å². The summed E-state index contributed by atoms with van der Waals surface area (Å²) in [6.45, 7) is 3.79. The molecule has 0 aromatic rings. The van der Waals surface area contributed by atoms with E-state index < -0.39 is 16.7 Å². The molecular formula is C14H23N5O3S. The van der Waals surface area contributed by atoms with Gasteiger partial charge in [-0.1, -0.05) is 0 Å². The van der Waals surface area contributed by atoms with Gasteiger partial charge in [-0.2, -0.15) is 0 Å². The number of nitrogens with one attached hydrogen (secondary N) is 1. The summed E-state index contributed by atoms with van der Waals surface area (Å²) in [6.07, 6.45) is 5.30. The number of ether oxygens (including phenoxy) is 1. The van der Waals surface area contributed by atoms with E-state index in [9.17, 15) is 9.59 Å². The second kappa shape index (κ2) is 8.47. The van der Waals surface area contributed by atoms with Crippen LogP contribution in [0.1, 0.15) is 26.7 Å². The first-order chi connectivity index (χ1) is 10.7. The highest BCUT2D eigenvalue weighted by molar-refractivity contribution is 8.01. The minimum Gasteiger partial charge on any atom is -0.471 e. The van der Waals surface area contributed by atoms with Crippen LogP contribution in [0.15, 0.2) is 29.1 Å². The highest BCUT2D eigenvalue weighted by atomic mass is 32.2. The topological polar surface area (TPSA) is 146 Å². The van der Waals surface area contributed by atoms with Crippen molar-refractivity contribution in [2.45, 2.75) is 37.7 Å². The first kappa shape index (κ1) is 18.9. The summed E-state index contributed by atoms with van der Waals surface area (Å²) < 4.78 is 5.42. The molecule has 1 unspecified atom stereocenters. The van der Waals surface area contributed by atoms with Crippen molar-refractivity contribution >= 4 is 29.5 Å². The Balaban J connectivity index is 2.80. The van der Waals surface area contributed by atoms with E-state index in [4.69, 9.17) is 21.9 Å². The van der Waals surface area contributed by atoms with E-state index in [1.807, 2.05) is 13.8 Å². The van der Waals surface area contributed by atoms with Gasteiger partial charge in [0, 0.05) is 24.2 Å². The lowest BCUT2D eigenvalue weighted by atomic mass is 10.2. The average molecular weight is 341 g/mol. The number of primary amides is 2. The van der Waals surface area contributed by atoms with E-state index in [1.165, 1.54) is 18.0 Å². The molecule has 0 spiro atoms. The van der Waals surface area contributed by atoms with Crippen molar-refractivity contribution in [2.75, 3.05) is 5.75 Å². The molecule has 0 saturated heterocycles. The molecular weight excluding hydrogens is 318 g/mol. The molecule has 1 rings (SSSR count). The number of aliphatic imine (C=N–C) groups is 1. The van der Waals surface area contributed by atoms with Crippen LogP contribution >= 0.6 is 11.8 Å². The van der Waals surface area contributed by atoms with Gasteiger partial charge in [0.2, 0.25) is 5.91 Å². The molecule has 23 heavy (non-hydrogen) atoms. The molecule has 0 fully saturated rings. The summed E-state index contributed by atoms with van der Waals surface area (Å²) in [5, 5.41) is 2.90. The molecule has 7 N–H and O–H groups in total. The van der Waals surface area contributed by atoms with Crippen LogP contribution in [0.2, 0.25) is 0 Å². The second-order valence-corrected chi connectivity index (χ2v) is 6.51. The van der Waals surface area contributed by atoms with Gasteiger partial charge in [-0.15, -0.1) is 11.8 Å². The van der Waals surface area contributed by atoms with E-state index >= 15 is 0 Å². The molecule has 8 nitrogen and oxygen atoms in total. The number of nitrogens with zero attached hydrogens (tertiary/aromatic N) is 1. The first-order valence-corrected chi connectivity index (χ1v) is 8.13. The smallest absolute Gasteiger partial charge is 0.276 e. The quantitative estimate of drug-likeness (QED) is 0.276. The molecule has 1 aliphatic heterocycles. The molecule has 1 heterocycles. The van der Waals surface area contributed by atoms with Crippen LogP contribution in [0, 0.1) is 0 Å². The monoisotopic (exact) mass is 341 g/mol. The fraction of sp³-hybridized carbons (Fsp3) is 0.500. The van der Waals surface area contributed by atoms with Gasteiger partial charge >= 0.3 is 0 Å². The van der Waals surface area contributed by atoms with Crippen molar-refractivity contribution < 1.29 is 14.3 Å². The van der Waals surface area contributed by atoms with Gasteiger partial charge in [0.15, 0.2) is 5.96 Å². The zero-order valence-electron chi connectivity index (χ0n) is 13.2. The van der Waals surface area contributed by atoms with Crippen LogP contribution in [-0.4, -0.2) is 34.5 Å². The standard InChI is InChI=1S/C14H23N5O3S/c1-9(2)18-13(17)19-10-5-6-22-14(8-10,12(16)21)23-7-3-4-11(15)20/h5-6,8-9H,3-4,7H2,1-2H3,(H2,15,20)(H2,16,21)(H3,17,18,19). The number of carbonyl (C=O) groups is 2. The molecule has 0 aliphatic carbocycles. The number of nitrogens with two attached hydrogens (primary N) is 3. The Bertz CT molecular complexity index is 545. The minimum absolute atomic E-state index is 0.0380. The highest BCUT2D eigenvalue weighted by Crippen LogP contribution is 2.33. The average Bonchev–Trinajstić information content (AvgIpc) is 2.42. The number of rotatable bonds is 8. The largest absolute Gasteiger partial charge is 0.471 e. The van der Waals surface area contributed by atoms with E-state index in [1.54, 1.807) is 12.2 Å². The summed E-state index contributed by atoms with van der Waals surface area (Å²) >= 11 is 1.19. The van der Waals surface area contributed by atoms with Crippen LogP contribution in [0.4, 0.5) is 0 Å². The number of allylic oxidation sites excluding steroid dienone is 1. The molecule has 0 radical (unpaired) electrons. The maximum Gasteiger partial charge on any atom is 0.276 e. The number of guanidine groups is 1. The van der Waals surface area contributed by atoms with E-state index in [-0.39, 0.29) is 18.4 Å². The number of amides is 2. The maximum atomic E-state index is 11.8. The van der Waals surface area contributed by atoms with Crippen LogP contribution in [0.5, 0.6) is 0 Å². The van der Waals surface area contributed by atoms with Gasteiger partial charge in [0.1, 0.15) is 0 Å². The van der Waals surface area contributed by atoms with E-state index in [0.717, 1.165) is 0 Å². The third kappa shape index (κ3) is 6.23. The van der Waals surface area contributed by atoms with Gasteiger partial charge in [-0.25, -0.2) is 0 Å². The van der Waals surface area contributed by atoms with Crippen LogP contribution < -0.4 is 22.5 Å². The SMILES string of the molecule is CC(C)N=C(N)NC1=CC(SCCCC(N)=O)(C(N)=O)OC=C1. The molecule has 0 aromatic heterocycles. The van der Waals surface area contributed by atoms with Gasteiger partial charge in [0.25, 0.3) is 10.8 Å². The summed E-state index contributed by atoms with van der Waals surface area (Å²) in [7, 11) is 0. The normalized spacial score (nSPS) is 20.8. The van der Waals surface area contributed by atoms with Gasteiger partial charge < -0.3 is 27.3 Å². The lowest BCUT2D eigenvalue weighted by molar-refractivity contribution is -0.126. The number of hydrogen-bond acceptors (Lipinski definition) is 5. The molecule has 0 aromatic carbocycles. The summed E-state index contributed by atoms with van der Waals surface area (Å²) in [4.78, 5) is 25.4. The fourth-order valence-corrected chi connectivity index (χ4v) is 2.85. The van der Waals surface area contributed by atoms with Gasteiger partial charge in [-0.05, 0) is 32.1 Å². The lowest BCUT2D eigenvalue weighted by Gasteiger charge is -2.29. The van der Waals surface area contributed by atoms with E-state index in [2.05, 4.69) is 10.3 Å². The highest BCUT2D eigenvalue weighted by Gasteiger charge is 2.38. The maximum absolute atomic E-state index is 11.8. The van der Waals surface area contributed by atoms with Gasteiger partial charge in [-0.3, -0.25) is 14.6 Å². The Morgan fingerprint density at radius 3 is 2.65 bits per heavy atom. The molecule has 0 bridgehead atoms. The fourth-order valence-electron chi connectivity index (χ4n) is 1.78. The van der Waals surface area contributed by atoms with Crippen molar-refractivity contribution in [1.82, 2.24) is 5.32 Å². The Kier molecular flexibility index (Phi) is 6.95. The van der Waals surface area contributed by atoms with Crippen molar-refractivity contribution in [3.8, 4) is 0 Å². The Morgan fingerprint density at radius 1 is 1.39 bits per heavy atom. The second-order valence-electron chi connectivity index (χ2n) is 5.20. The molecule has 1 atom stereocenters. The zero-order valence-corrected chi connectivity index (χ0v) is 14.1. The van der Waals surface area contributed by atoms with Crippen LogP contribution in [0.3, 0.4) is 0 Å². The molecule has 0 saturated carbocycles. The van der Waals surface area contributed by atoms with Gasteiger partial charge in [0.05, 0.1) is 6.26 Å². The molecule has 1 aliphatic rings. The lowest BCUT2D eigenvalue weighted by Crippen LogP contribution is -2.44. The predicted molar refractivity (Wildman–Crippen MR) is 91.0 cm³/mol. The Hall–Kier alpha value is -2.16. The van der Waals surface area contributed by atoms with Crippen molar-refractivity contribution in [3.63, 3.8) is 0 Å². The molecule has 2 amide bonds. The molecule has 9 heteroatoms. The predicted octanol–water partition coefficient (Wildman–Crippen LogP) is -0.0928. The zero-order chi connectivity index (χ0) is 17.5. The summed E-state index contributed by atoms with van der Waals surface area (Å²) in [5.41, 5.74) is 16.9. The first-order valence-electron chi connectivity index (χ1n) is 7.15. The van der Waals surface area contributed by atoms with E-state index in [0.29, 0.717) is 17.9 Å². The minimum atomic E-state index is -1.35. The third-order valence-corrected chi connectivity index (χ3v) is 4.07. The summed E-state index contributed by atoms with van der Waals surface area (Å²) in [6, 6.07) is 0.0380. The van der Waals surface area contributed by atoms with Crippen molar-refractivity contribution in [2.24, 2.45) is 22.2 Å². The molecule has 128 valence electrons. The Labute approximate surface area is 139 Å². The number of thioether (sulfide) groups is 1. The summed E-state index contributed by atoms with van der Waals surface area (Å²) in [5.74, 6) is -0.322. The van der Waals surface area contributed by atoms with Crippen LogP contribution in [0.25, 0.3) is 0 Å². The van der Waals surface area contributed by atoms with Crippen molar-refractivity contribution in [3.05, 3.63) is 24.1 Å².